The molecule has 0 fully saturated rings. The number of rotatable bonds is 5. The highest BCUT2D eigenvalue weighted by Gasteiger charge is 1.96. The van der Waals surface area contributed by atoms with Gasteiger partial charge in [0.15, 0.2) is 0 Å². The maximum Gasteiger partial charge on any atom is 0.316 e. The van der Waals surface area contributed by atoms with Crippen molar-refractivity contribution in [3.05, 3.63) is 0 Å². The van der Waals surface area contributed by atoms with Crippen LogP contribution in [0.5, 0.6) is 0 Å². The topological polar surface area (TPSA) is 38.3 Å². The number of nitrogens with one attached hydrogen (secondary N) is 1. The van der Waals surface area contributed by atoms with Crippen LogP contribution in [0.15, 0.2) is 0 Å². The fourth-order valence-corrected chi connectivity index (χ4v) is 0.614. The Kier molecular flexibility index (Phi) is 6.96. The van der Waals surface area contributed by atoms with Crippen LogP contribution < -0.4 is 5.32 Å². The Morgan fingerprint density at radius 3 is 2.90 bits per heavy atom. The molecule has 10 heavy (non-hydrogen) atoms. The van der Waals surface area contributed by atoms with Crippen LogP contribution in [-0.4, -0.2) is 31.0 Å². The summed E-state index contributed by atoms with van der Waals surface area (Å²) in [4.78, 5) is 10.5. The van der Waals surface area contributed by atoms with Crippen molar-refractivity contribution in [2.45, 2.75) is 6.92 Å². The van der Waals surface area contributed by atoms with Crippen molar-refractivity contribution in [2.24, 2.45) is 0 Å². The molecule has 0 spiro atoms. The molecule has 0 bridgehead atoms. The molecule has 0 atom stereocenters. The average molecular weight is 210 g/mol. The van der Waals surface area contributed by atoms with Gasteiger partial charge in [-0.05, 0) is 6.54 Å². The molecule has 4 heteroatoms. The summed E-state index contributed by atoms with van der Waals surface area (Å²) in [5.74, 6) is -0.210. The van der Waals surface area contributed by atoms with E-state index < -0.39 is 0 Å². The number of halogens is 1. The Morgan fingerprint density at radius 1 is 1.70 bits per heavy atom. The molecule has 0 amide bonds. The first-order chi connectivity index (χ1) is 4.81. The number of carbonyl (C=O) groups excluding carboxylic acids is 1. The molecule has 0 saturated heterocycles. The van der Waals surface area contributed by atoms with Crippen molar-refractivity contribution >= 4 is 21.9 Å². The molecule has 0 aromatic carbocycles. The molecule has 0 unspecified atom stereocenters. The van der Waals surface area contributed by atoms with Crippen LogP contribution in [0, 0.1) is 0 Å². The van der Waals surface area contributed by atoms with Crippen molar-refractivity contribution in [1.29, 1.82) is 0 Å². The van der Waals surface area contributed by atoms with E-state index in [2.05, 4.69) is 21.2 Å². The minimum absolute atomic E-state index is 0.210. The van der Waals surface area contributed by atoms with Gasteiger partial charge in [-0.3, -0.25) is 4.79 Å². The third-order valence-corrected chi connectivity index (χ3v) is 1.36. The highest BCUT2D eigenvalue weighted by molar-refractivity contribution is 9.09. The summed E-state index contributed by atoms with van der Waals surface area (Å²) in [7, 11) is 0. The van der Waals surface area contributed by atoms with Crippen LogP contribution in [0.2, 0.25) is 0 Å². The van der Waals surface area contributed by atoms with Gasteiger partial charge in [-0.2, -0.15) is 0 Å². The number of likely N-dealkylation sites (N-methyl/N-ethyl adjacent to an activating group) is 1. The summed E-state index contributed by atoms with van der Waals surface area (Å²) in [5, 5.41) is 3.31. The minimum Gasteiger partial charge on any atom is -0.464 e. The summed E-state index contributed by atoms with van der Waals surface area (Å²) >= 11 is 2.99. The molecule has 0 aromatic heterocycles. The SMILES string of the molecule is CCNCCOC(=O)CBr. The number of ether oxygens (including phenoxy) is 1. The molecule has 0 aromatic rings. The Balaban J connectivity index is 2.96. The first kappa shape index (κ1) is 9.91. The van der Waals surface area contributed by atoms with Crippen molar-refractivity contribution in [3.63, 3.8) is 0 Å². The van der Waals surface area contributed by atoms with E-state index in [-0.39, 0.29) is 11.3 Å². The number of esters is 1. The molecule has 0 aliphatic rings. The molecule has 0 aliphatic carbocycles. The maximum atomic E-state index is 10.5. The molecular weight excluding hydrogens is 198 g/mol. The standard InChI is InChI=1S/C6H12BrNO2/c1-2-8-3-4-10-6(9)5-7/h8H,2-5H2,1H3. The van der Waals surface area contributed by atoms with Gasteiger partial charge in [0.25, 0.3) is 0 Å². The average Bonchev–Trinajstić information content (AvgIpc) is 1.98. The van der Waals surface area contributed by atoms with Crippen molar-refractivity contribution in [2.75, 3.05) is 25.0 Å². The lowest BCUT2D eigenvalue weighted by atomic mass is 10.6. The summed E-state index contributed by atoms with van der Waals surface area (Å²) in [6.45, 7) is 4.10. The lowest BCUT2D eigenvalue weighted by molar-refractivity contribution is -0.140. The molecule has 1 N–H and O–H groups in total. The van der Waals surface area contributed by atoms with E-state index in [0.29, 0.717) is 6.61 Å². The second-order valence-electron chi connectivity index (χ2n) is 1.71. The monoisotopic (exact) mass is 209 g/mol. The van der Waals surface area contributed by atoms with Crippen LogP contribution in [0.3, 0.4) is 0 Å². The quantitative estimate of drug-likeness (QED) is 0.408. The van der Waals surface area contributed by atoms with E-state index in [0.717, 1.165) is 13.1 Å². The highest BCUT2D eigenvalue weighted by atomic mass is 79.9. The second kappa shape index (κ2) is 7.02. The molecule has 0 rings (SSSR count). The maximum absolute atomic E-state index is 10.5. The van der Waals surface area contributed by atoms with Gasteiger partial charge < -0.3 is 10.1 Å². The lowest BCUT2D eigenvalue weighted by Gasteiger charge is -2.01. The van der Waals surface area contributed by atoms with E-state index in [1.54, 1.807) is 0 Å². The summed E-state index contributed by atoms with van der Waals surface area (Å²) in [6.07, 6.45) is 0. The largest absolute Gasteiger partial charge is 0.464 e. The van der Waals surface area contributed by atoms with E-state index in [9.17, 15) is 4.79 Å². The van der Waals surface area contributed by atoms with Crippen molar-refractivity contribution in [3.8, 4) is 0 Å². The fourth-order valence-electron chi connectivity index (χ4n) is 0.452. The Hall–Kier alpha value is -0.0900. The van der Waals surface area contributed by atoms with E-state index >= 15 is 0 Å². The van der Waals surface area contributed by atoms with Crippen molar-refractivity contribution < 1.29 is 9.53 Å². The number of hydrogen-bond acceptors (Lipinski definition) is 3. The Labute approximate surface area is 69.3 Å². The van der Waals surface area contributed by atoms with Gasteiger partial charge in [0.2, 0.25) is 0 Å². The van der Waals surface area contributed by atoms with Gasteiger partial charge in [-0.1, -0.05) is 22.9 Å². The van der Waals surface area contributed by atoms with Crippen LogP contribution in [0.4, 0.5) is 0 Å². The van der Waals surface area contributed by atoms with Crippen LogP contribution in [0.1, 0.15) is 6.92 Å². The zero-order chi connectivity index (χ0) is 7.82. The normalized spacial score (nSPS) is 9.40. The van der Waals surface area contributed by atoms with Crippen LogP contribution in [0.25, 0.3) is 0 Å². The minimum atomic E-state index is -0.210. The smallest absolute Gasteiger partial charge is 0.316 e. The highest BCUT2D eigenvalue weighted by Crippen LogP contribution is 1.83. The van der Waals surface area contributed by atoms with Gasteiger partial charge in [-0.25, -0.2) is 0 Å². The zero-order valence-electron chi connectivity index (χ0n) is 6.02. The number of carbonyl (C=O) groups is 1. The van der Waals surface area contributed by atoms with Crippen molar-refractivity contribution in [1.82, 2.24) is 5.32 Å². The summed E-state index contributed by atoms with van der Waals surface area (Å²) in [6, 6.07) is 0. The molecule has 0 heterocycles. The zero-order valence-corrected chi connectivity index (χ0v) is 7.61. The predicted octanol–water partition coefficient (Wildman–Crippen LogP) is 0.534. The predicted molar refractivity (Wildman–Crippen MR) is 43.3 cm³/mol. The molecule has 0 aliphatic heterocycles. The summed E-state index contributed by atoms with van der Waals surface area (Å²) in [5.41, 5.74) is 0. The number of hydrogen-bond donors (Lipinski definition) is 1. The van der Waals surface area contributed by atoms with Crippen LogP contribution >= 0.6 is 15.9 Å². The van der Waals surface area contributed by atoms with E-state index in [4.69, 9.17) is 4.74 Å². The fraction of sp³-hybridized carbons (Fsp3) is 0.833. The third kappa shape index (κ3) is 6.04. The lowest BCUT2D eigenvalue weighted by Crippen LogP contribution is -2.21. The third-order valence-electron chi connectivity index (χ3n) is 0.901. The first-order valence-electron chi connectivity index (χ1n) is 3.23. The van der Waals surface area contributed by atoms with E-state index in [1.807, 2.05) is 6.92 Å². The Morgan fingerprint density at radius 2 is 2.40 bits per heavy atom. The number of alkyl halides is 1. The second-order valence-corrected chi connectivity index (χ2v) is 2.27. The molecule has 60 valence electrons. The van der Waals surface area contributed by atoms with Gasteiger partial charge in [0, 0.05) is 6.54 Å². The van der Waals surface area contributed by atoms with Gasteiger partial charge in [-0.15, -0.1) is 0 Å². The summed E-state index contributed by atoms with van der Waals surface area (Å²) < 4.78 is 4.74. The van der Waals surface area contributed by atoms with Crippen LogP contribution in [-0.2, 0) is 9.53 Å². The van der Waals surface area contributed by atoms with E-state index in [1.165, 1.54) is 0 Å². The van der Waals surface area contributed by atoms with Gasteiger partial charge in [0.1, 0.15) is 11.9 Å². The molecular formula is C6H12BrNO2. The molecule has 0 radical (unpaired) electrons. The first-order valence-corrected chi connectivity index (χ1v) is 4.35. The molecule has 0 saturated carbocycles. The Bertz CT molecular complexity index is 97.7. The van der Waals surface area contributed by atoms with Gasteiger partial charge >= 0.3 is 5.97 Å². The molecule has 3 nitrogen and oxygen atoms in total. The van der Waals surface area contributed by atoms with Gasteiger partial charge in [0.05, 0.1) is 0 Å².